The molecule has 0 saturated heterocycles. The summed E-state index contributed by atoms with van der Waals surface area (Å²) >= 11 is 0. The minimum Gasteiger partial charge on any atom is -0.458 e. The van der Waals surface area contributed by atoms with Gasteiger partial charge in [-0.15, -0.1) is 0 Å². The van der Waals surface area contributed by atoms with E-state index in [-0.39, 0.29) is 0 Å². The van der Waals surface area contributed by atoms with Gasteiger partial charge in [-0.1, -0.05) is 0 Å². The number of hydrogen-bond donors (Lipinski definition) is 0. The molecule has 0 saturated carbocycles. The van der Waals surface area contributed by atoms with Crippen LogP contribution in [0.3, 0.4) is 0 Å². The molecule has 9 heavy (non-hydrogen) atoms. The Hall–Kier alpha value is -1.12. The van der Waals surface area contributed by atoms with Gasteiger partial charge in [-0.25, -0.2) is 0 Å². The molecular formula is C6H6O3. The maximum absolute atomic E-state index is 5.16. The summed E-state index contributed by atoms with van der Waals surface area (Å²) < 4.78 is 14.4. The van der Waals surface area contributed by atoms with E-state index in [1.165, 1.54) is 0 Å². The quantitative estimate of drug-likeness (QED) is 0.508. The first-order valence-corrected chi connectivity index (χ1v) is 2.73. The van der Waals surface area contributed by atoms with Gasteiger partial charge in [-0.2, -0.15) is 0 Å². The van der Waals surface area contributed by atoms with Crippen LogP contribution in [0.15, 0.2) is 13.6 Å². The Morgan fingerprint density at radius 1 is 0.889 bits per heavy atom. The minimum absolute atomic E-state index is 0.743. The van der Waals surface area contributed by atoms with E-state index in [1.807, 2.05) is 13.8 Å². The van der Waals surface area contributed by atoms with Gasteiger partial charge in [0.1, 0.15) is 0 Å². The minimum atomic E-state index is 0.743. The first-order valence-electron chi connectivity index (χ1n) is 2.73. The number of rotatable bonds is 0. The van der Waals surface area contributed by atoms with Crippen LogP contribution in [0, 0.1) is 13.8 Å². The molecule has 3 heteroatoms. The van der Waals surface area contributed by atoms with Crippen molar-refractivity contribution in [3.8, 4) is 0 Å². The van der Waals surface area contributed by atoms with E-state index >= 15 is 0 Å². The van der Waals surface area contributed by atoms with E-state index in [0.29, 0.717) is 0 Å². The van der Waals surface area contributed by atoms with E-state index in [0.717, 1.165) is 22.7 Å². The molecule has 0 bridgehead atoms. The maximum Gasteiger partial charge on any atom is 0.266 e. The van der Waals surface area contributed by atoms with Gasteiger partial charge in [0, 0.05) is 0 Å². The first kappa shape index (κ1) is 4.73. The van der Waals surface area contributed by atoms with Crippen molar-refractivity contribution in [2.75, 3.05) is 0 Å². The second kappa shape index (κ2) is 1.23. The Morgan fingerprint density at radius 2 is 1.33 bits per heavy atom. The molecule has 0 spiro atoms. The zero-order valence-electron chi connectivity index (χ0n) is 5.22. The van der Waals surface area contributed by atoms with Gasteiger partial charge in [-0.3, -0.25) is 9.15 Å². The Balaban J connectivity index is 2.90. The monoisotopic (exact) mass is 126 g/mol. The summed E-state index contributed by atoms with van der Waals surface area (Å²) in [4.78, 5) is 0. The zero-order valence-corrected chi connectivity index (χ0v) is 5.22. The predicted octanol–water partition coefficient (Wildman–Crippen LogP) is 2.24. The maximum atomic E-state index is 5.16. The van der Waals surface area contributed by atoms with E-state index in [2.05, 4.69) is 9.15 Å². The van der Waals surface area contributed by atoms with Gasteiger partial charge >= 0.3 is 0 Å². The fourth-order valence-electron chi connectivity index (χ4n) is 0.884. The smallest absolute Gasteiger partial charge is 0.266 e. The lowest BCUT2D eigenvalue weighted by Crippen LogP contribution is -1.69. The van der Waals surface area contributed by atoms with Crippen molar-refractivity contribution in [1.29, 1.82) is 0 Å². The van der Waals surface area contributed by atoms with Gasteiger partial charge in [0.25, 0.3) is 11.2 Å². The van der Waals surface area contributed by atoms with Crippen LogP contribution in [0.4, 0.5) is 0 Å². The molecular weight excluding hydrogens is 120 g/mol. The lowest BCUT2D eigenvalue weighted by atomic mass is 10.4. The zero-order chi connectivity index (χ0) is 6.43. The SMILES string of the molecule is Cc1oc(C)c2ooc12. The lowest BCUT2D eigenvalue weighted by Gasteiger charge is -1.87. The van der Waals surface area contributed by atoms with Crippen LogP contribution in [0.1, 0.15) is 11.5 Å². The molecule has 0 atom stereocenters. The van der Waals surface area contributed by atoms with Crippen LogP contribution < -0.4 is 0 Å². The van der Waals surface area contributed by atoms with Crippen LogP contribution >= 0.6 is 0 Å². The van der Waals surface area contributed by atoms with Crippen molar-refractivity contribution in [2.45, 2.75) is 13.8 Å². The van der Waals surface area contributed by atoms with Gasteiger partial charge in [0.2, 0.25) is 0 Å². The molecule has 0 aliphatic rings. The summed E-state index contributed by atoms with van der Waals surface area (Å²) in [5, 5.41) is 0. The van der Waals surface area contributed by atoms with Crippen molar-refractivity contribution < 1.29 is 13.6 Å². The molecule has 0 fully saturated rings. The third-order valence-corrected chi connectivity index (χ3v) is 1.36. The second-order valence-corrected chi connectivity index (χ2v) is 2.04. The van der Waals surface area contributed by atoms with Crippen LogP contribution in [-0.4, -0.2) is 0 Å². The Bertz CT molecular complexity index is 292. The lowest BCUT2D eigenvalue weighted by molar-refractivity contribution is 0.0590. The Labute approximate surface area is 51.2 Å². The molecule has 0 unspecified atom stereocenters. The molecule has 0 aromatic carbocycles. The topological polar surface area (TPSA) is 39.4 Å². The summed E-state index contributed by atoms with van der Waals surface area (Å²) in [5.41, 5.74) is 1.49. The van der Waals surface area contributed by atoms with E-state index < -0.39 is 0 Å². The summed E-state index contributed by atoms with van der Waals surface area (Å²) in [7, 11) is 0. The standard InChI is InChI=1S/C6H6O3/c1-3-5-6(9-8-5)4(2)7-3/h1-2H3. The van der Waals surface area contributed by atoms with Crippen molar-refractivity contribution in [2.24, 2.45) is 0 Å². The highest BCUT2D eigenvalue weighted by atomic mass is 17.0. The molecule has 0 amide bonds. The molecule has 2 rings (SSSR count). The highest BCUT2D eigenvalue weighted by molar-refractivity contribution is 5.74. The van der Waals surface area contributed by atoms with Crippen LogP contribution in [0.25, 0.3) is 11.2 Å². The summed E-state index contributed by atoms with van der Waals surface area (Å²) in [6, 6.07) is 0. The van der Waals surface area contributed by atoms with E-state index in [1.54, 1.807) is 0 Å². The molecule has 2 aromatic rings. The Morgan fingerprint density at radius 3 is 1.56 bits per heavy atom. The average Bonchev–Trinajstić information content (AvgIpc) is 1.73. The Kier molecular flexibility index (Phi) is 0.649. The van der Waals surface area contributed by atoms with Crippen LogP contribution in [0.2, 0.25) is 0 Å². The summed E-state index contributed by atoms with van der Waals surface area (Å²) in [5.74, 6) is 1.57. The van der Waals surface area contributed by atoms with Crippen molar-refractivity contribution in [3.05, 3.63) is 11.5 Å². The molecule has 0 radical (unpaired) electrons. The van der Waals surface area contributed by atoms with Crippen LogP contribution in [-0.2, 0) is 0 Å². The normalized spacial score (nSPS) is 11.3. The van der Waals surface area contributed by atoms with Gasteiger partial charge in [-0.05, 0) is 13.8 Å². The third-order valence-electron chi connectivity index (χ3n) is 1.36. The van der Waals surface area contributed by atoms with Crippen molar-refractivity contribution in [3.63, 3.8) is 0 Å². The largest absolute Gasteiger partial charge is 0.458 e. The molecule has 2 heterocycles. The van der Waals surface area contributed by atoms with Gasteiger partial charge in [0.05, 0.1) is 0 Å². The summed E-state index contributed by atoms with van der Waals surface area (Å²) in [6.07, 6.45) is 0. The molecule has 3 nitrogen and oxygen atoms in total. The van der Waals surface area contributed by atoms with Crippen molar-refractivity contribution in [1.82, 2.24) is 0 Å². The van der Waals surface area contributed by atoms with Gasteiger partial charge < -0.3 is 4.42 Å². The molecule has 0 N–H and O–H groups in total. The van der Waals surface area contributed by atoms with E-state index in [9.17, 15) is 0 Å². The van der Waals surface area contributed by atoms with Gasteiger partial charge in [0.15, 0.2) is 11.5 Å². The number of hydrogen-bond acceptors (Lipinski definition) is 3. The summed E-state index contributed by atoms with van der Waals surface area (Å²) in [6.45, 7) is 3.68. The fraction of sp³-hybridized carbons (Fsp3) is 0.333. The van der Waals surface area contributed by atoms with E-state index in [4.69, 9.17) is 4.42 Å². The average molecular weight is 126 g/mol. The number of aryl methyl sites for hydroxylation is 2. The fourth-order valence-corrected chi connectivity index (χ4v) is 0.884. The number of furan rings is 1. The second-order valence-electron chi connectivity index (χ2n) is 2.04. The molecule has 0 aliphatic carbocycles. The molecule has 2 aromatic heterocycles. The predicted molar refractivity (Wildman–Crippen MR) is 30.2 cm³/mol. The van der Waals surface area contributed by atoms with Crippen LogP contribution in [0.5, 0.6) is 0 Å². The highest BCUT2D eigenvalue weighted by Gasteiger charge is 2.15. The number of fused-ring (bicyclic) bond motifs is 1. The third kappa shape index (κ3) is 0.415. The highest BCUT2D eigenvalue weighted by Crippen LogP contribution is 2.27. The molecule has 48 valence electrons. The molecule has 0 aliphatic heterocycles. The van der Waals surface area contributed by atoms with Crippen molar-refractivity contribution >= 4 is 11.2 Å². The first-order chi connectivity index (χ1) is 4.29.